The second kappa shape index (κ2) is 6.37. The highest BCUT2D eigenvalue weighted by Crippen LogP contribution is 2.26. The normalized spacial score (nSPS) is 20.9. The zero-order valence-corrected chi connectivity index (χ0v) is 13.0. The van der Waals surface area contributed by atoms with Crippen LogP contribution in [0, 0.1) is 5.92 Å². The zero-order chi connectivity index (χ0) is 16.4. The number of hydrogen-bond acceptors (Lipinski definition) is 7. The minimum Gasteiger partial charge on any atom is -0.369 e. The van der Waals surface area contributed by atoms with E-state index in [0.717, 1.165) is 11.8 Å². The zero-order valence-electron chi connectivity index (χ0n) is 12.2. The summed E-state index contributed by atoms with van der Waals surface area (Å²) in [6.07, 6.45) is 4.52. The van der Waals surface area contributed by atoms with Crippen molar-refractivity contribution in [2.45, 2.75) is 12.8 Å². The number of amides is 3. The molecular weight excluding hydrogens is 318 g/mol. The Morgan fingerprint density at radius 1 is 1.39 bits per heavy atom. The molecule has 0 saturated carbocycles. The van der Waals surface area contributed by atoms with Crippen LogP contribution in [0.3, 0.4) is 0 Å². The summed E-state index contributed by atoms with van der Waals surface area (Å²) in [5.41, 5.74) is 5.88. The number of thioether (sulfide) groups is 1. The van der Waals surface area contributed by atoms with Gasteiger partial charge in [-0.15, -0.1) is 0 Å². The molecule has 9 heteroatoms. The van der Waals surface area contributed by atoms with Crippen molar-refractivity contribution in [2.24, 2.45) is 11.7 Å². The van der Waals surface area contributed by atoms with E-state index >= 15 is 0 Å². The maximum absolute atomic E-state index is 11.6. The number of hydrogen-bond donors (Lipinski definition) is 2. The molecule has 0 atom stereocenters. The van der Waals surface area contributed by atoms with E-state index in [1.165, 1.54) is 0 Å². The maximum Gasteiger partial charge on any atom is 0.290 e. The van der Waals surface area contributed by atoms with Crippen LogP contribution in [0.15, 0.2) is 17.2 Å². The molecule has 2 aliphatic heterocycles. The van der Waals surface area contributed by atoms with Gasteiger partial charge in [0.2, 0.25) is 11.9 Å². The fourth-order valence-corrected chi connectivity index (χ4v) is 3.18. The topological polar surface area (TPSA) is 118 Å². The third-order valence-electron chi connectivity index (χ3n) is 3.77. The minimum atomic E-state index is -0.414. The van der Waals surface area contributed by atoms with Gasteiger partial charge >= 0.3 is 0 Å². The SMILES string of the molecule is NC(=O)C1CCN(c2nccc(C=C3SC(=O)NC3=O)n2)CC1. The van der Waals surface area contributed by atoms with E-state index in [9.17, 15) is 14.4 Å². The fraction of sp³-hybridized carbons (Fsp3) is 0.357. The van der Waals surface area contributed by atoms with Gasteiger partial charge in [-0.3, -0.25) is 19.7 Å². The number of nitrogens with zero attached hydrogens (tertiary/aromatic N) is 3. The molecule has 0 bridgehead atoms. The van der Waals surface area contributed by atoms with Gasteiger partial charge in [-0.1, -0.05) is 0 Å². The van der Waals surface area contributed by atoms with Crippen molar-refractivity contribution in [1.29, 1.82) is 0 Å². The van der Waals surface area contributed by atoms with Crippen LogP contribution < -0.4 is 16.0 Å². The van der Waals surface area contributed by atoms with E-state index in [0.29, 0.717) is 42.5 Å². The highest BCUT2D eigenvalue weighted by Gasteiger charge is 2.26. The van der Waals surface area contributed by atoms with Gasteiger partial charge in [0.05, 0.1) is 10.6 Å². The summed E-state index contributed by atoms with van der Waals surface area (Å²) in [7, 11) is 0. The first-order valence-electron chi connectivity index (χ1n) is 7.15. The van der Waals surface area contributed by atoms with E-state index in [-0.39, 0.29) is 17.1 Å². The van der Waals surface area contributed by atoms with Crippen LogP contribution in [0.4, 0.5) is 10.7 Å². The lowest BCUT2D eigenvalue weighted by Crippen LogP contribution is -2.39. The number of primary amides is 1. The molecular formula is C14H15N5O3S. The second-order valence-electron chi connectivity index (χ2n) is 5.30. The molecule has 3 amide bonds. The van der Waals surface area contributed by atoms with Crippen molar-refractivity contribution in [3.8, 4) is 0 Å². The monoisotopic (exact) mass is 333 g/mol. The standard InChI is InChI=1S/C14H15N5O3S/c15-11(20)8-2-5-19(6-3-8)13-16-4-1-9(17-13)7-10-12(21)18-14(22)23-10/h1,4,7-8H,2-3,5-6H2,(H2,15,20)(H,18,21,22). The summed E-state index contributed by atoms with van der Waals surface area (Å²) < 4.78 is 0. The van der Waals surface area contributed by atoms with Crippen LogP contribution in [-0.2, 0) is 9.59 Å². The Morgan fingerprint density at radius 2 is 2.13 bits per heavy atom. The van der Waals surface area contributed by atoms with Crippen LogP contribution in [-0.4, -0.2) is 40.1 Å². The first-order chi connectivity index (χ1) is 11.0. The van der Waals surface area contributed by atoms with E-state index in [1.54, 1.807) is 18.3 Å². The quantitative estimate of drug-likeness (QED) is 0.773. The molecule has 1 aromatic rings. The first kappa shape index (κ1) is 15.5. The molecule has 3 rings (SSSR count). The minimum absolute atomic E-state index is 0.0962. The van der Waals surface area contributed by atoms with Gasteiger partial charge in [0.25, 0.3) is 11.1 Å². The Bertz CT molecular complexity index is 697. The van der Waals surface area contributed by atoms with Gasteiger partial charge < -0.3 is 10.6 Å². The lowest BCUT2D eigenvalue weighted by atomic mass is 9.96. The summed E-state index contributed by atoms with van der Waals surface area (Å²) in [5.74, 6) is -0.237. The molecule has 120 valence electrons. The van der Waals surface area contributed by atoms with Gasteiger partial charge in [-0.05, 0) is 36.7 Å². The number of anilines is 1. The highest BCUT2D eigenvalue weighted by atomic mass is 32.2. The van der Waals surface area contributed by atoms with Gasteiger partial charge in [0.15, 0.2) is 0 Å². The average molecular weight is 333 g/mol. The van der Waals surface area contributed by atoms with Crippen molar-refractivity contribution < 1.29 is 14.4 Å². The maximum atomic E-state index is 11.6. The van der Waals surface area contributed by atoms with Gasteiger partial charge in [0, 0.05) is 25.2 Å². The number of carbonyl (C=O) groups is 3. The van der Waals surface area contributed by atoms with Crippen LogP contribution in [0.5, 0.6) is 0 Å². The molecule has 0 unspecified atom stereocenters. The summed E-state index contributed by atoms with van der Waals surface area (Å²) in [6.45, 7) is 1.31. The van der Waals surface area contributed by atoms with Crippen molar-refractivity contribution in [2.75, 3.05) is 18.0 Å². The Balaban J connectivity index is 1.74. The number of imide groups is 1. The van der Waals surface area contributed by atoms with E-state index in [1.807, 2.05) is 4.90 Å². The Morgan fingerprint density at radius 3 is 2.74 bits per heavy atom. The Kier molecular flexibility index (Phi) is 4.28. The predicted octanol–water partition coefficient (Wildman–Crippen LogP) is 0.502. The van der Waals surface area contributed by atoms with Crippen LogP contribution in [0.2, 0.25) is 0 Å². The first-order valence-corrected chi connectivity index (χ1v) is 7.97. The van der Waals surface area contributed by atoms with E-state index in [4.69, 9.17) is 5.73 Å². The molecule has 0 aromatic carbocycles. The van der Waals surface area contributed by atoms with Crippen LogP contribution >= 0.6 is 11.8 Å². The molecule has 1 aromatic heterocycles. The molecule has 3 N–H and O–H groups in total. The molecule has 2 saturated heterocycles. The largest absolute Gasteiger partial charge is 0.369 e. The Hall–Kier alpha value is -2.42. The van der Waals surface area contributed by atoms with Crippen LogP contribution in [0.25, 0.3) is 6.08 Å². The number of aromatic nitrogens is 2. The second-order valence-corrected chi connectivity index (χ2v) is 6.31. The van der Waals surface area contributed by atoms with Gasteiger partial charge in [0.1, 0.15) is 0 Å². The highest BCUT2D eigenvalue weighted by molar-refractivity contribution is 8.18. The molecule has 2 fully saturated rings. The smallest absolute Gasteiger partial charge is 0.290 e. The molecule has 0 aliphatic carbocycles. The number of rotatable bonds is 3. The summed E-state index contributed by atoms with van der Waals surface area (Å²) in [6, 6.07) is 1.67. The summed E-state index contributed by atoms with van der Waals surface area (Å²) in [4.78, 5) is 44.9. The average Bonchev–Trinajstić information content (AvgIpc) is 2.85. The summed E-state index contributed by atoms with van der Waals surface area (Å²) in [5, 5.41) is 1.81. The molecule has 3 heterocycles. The van der Waals surface area contributed by atoms with E-state index < -0.39 is 5.91 Å². The number of piperidine rings is 1. The van der Waals surface area contributed by atoms with Crippen molar-refractivity contribution in [1.82, 2.24) is 15.3 Å². The van der Waals surface area contributed by atoms with Crippen LogP contribution in [0.1, 0.15) is 18.5 Å². The number of nitrogens with two attached hydrogens (primary N) is 1. The van der Waals surface area contributed by atoms with E-state index in [2.05, 4.69) is 15.3 Å². The Labute approximate surface area is 136 Å². The van der Waals surface area contributed by atoms with Gasteiger partial charge in [-0.2, -0.15) is 0 Å². The third-order valence-corrected chi connectivity index (χ3v) is 4.58. The molecule has 23 heavy (non-hydrogen) atoms. The molecule has 8 nitrogen and oxygen atoms in total. The molecule has 0 spiro atoms. The summed E-state index contributed by atoms with van der Waals surface area (Å²) >= 11 is 0.850. The van der Waals surface area contributed by atoms with Crippen molar-refractivity contribution >= 4 is 40.8 Å². The lowest BCUT2D eigenvalue weighted by Gasteiger charge is -2.30. The van der Waals surface area contributed by atoms with Gasteiger partial charge in [-0.25, -0.2) is 9.97 Å². The number of nitrogens with one attached hydrogen (secondary N) is 1. The fourth-order valence-electron chi connectivity index (χ4n) is 2.51. The van der Waals surface area contributed by atoms with Crippen molar-refractivity contribution in [3.05, 3.63) is 22.9 Å². The molecule has 0 radical (unpaired) electrons. The predicted molar refractivity (Wildman–Crippen MR) is 85.3 cm³/mol. The number of carbonyl (C=O) groups excluding carboxylic acids is 3. The van der Waals surface area contributed by atoms with Crippen molar-refractivity contribution in [3.63, 3.8) is 0 Å². The molecule has 2 aliphatic rings. The third kappa shape index (κ3) is 3.50. The lowest BCUT2D eigenvalue weighted by molar-refractivity contribution is -0.122.